The van der Waals surface area contributed by atoms with E-state index in [-0.39, 0.29) is 0 Å². The minimum Gasteiger partial charge on any atom is -0.381 e. The molecule has 0 bridgehead atoms. The van der Waals surface area contributed by atoms with Gasteiger partial charge in [-0.25, -0.2) is 0 Å². The lowest BCUT2D eigenvalue weighted by molar-refractivity contribution is 0.0415. The summed E-state index contributed by atoms with van der Waals surface area (Å²) in [6.45, 7) is 6.65. The Morgan fingerprint density at radius 1 is 1.27 bits per heavy atom. The molecule has 0 amide bonds. The van der Waals surface area contributed by atoms with Crippen LogP contribution in [0.4, 0.5) is 0 Å². The van der Waals surface area contributed by atoms with Gasteiger partial charge >= 0.3 is 0 Å². The number of hydrogen-bond acceptors (Lipinski definition) is 2. The van der Waals surface area contributed by atoms with Gasteiger partial charge in [0.25, 0.3) is 0 Å². The predicted molar refractivity (Wildman–Crippen MR) is 63.5 cm³/mol. The summed E-state index contributed by atoms with van der Waals surface area (Å²) in [5, 5.41) is 0.360. The van der Waals surface area contributed by atoms with Gasteiger partial charge in [-0.1, -0.05) is 0 Å². The molecule has 0 spiro atoms. The van der Waals surface area contributed by atoms with E-state index in [1.54, 1.807) is 0 Å². The number of hydrogen-bond donors (Lipinski definition) is 0. The molecular formula is C12H22ClNO. The molecule has 2 aliphatic rings. The van der Waals surface area contributed by atoms with Crippen molar-refractivity contribution in [2.24, 2.45) is 5.92 Å². The van der Waals surface area contributed by atoms with E-state index in [2.05, 4.69) is 11.8 Å². The van der Waals surface area contributed by atoms with E-state index in [1.807, 2.05) is 0 Å². The fourth-order valence-electron chi connectivity index (χ4n) is 2.68. The third-order valence-corrected chi connectivity index (χ3v) is 4.44. The van der Waals surface area contributed by atoms with Gasteiger partial charge in [-0.3, -0.25) is 4.90 Å². The van der Waals surface area contributed by atoms with Crippen molar-refractivity contribution >= 4 is 11.6 Å². The average molecular weight is 232 g/mol. The minimum atomic E-state index is 0.360. The maximum atomic E-state index is 6.31. The second-order valence-corrected chi connectivity index (χ2v) is 5.51. The van der Waals surface area contributed by atoms with Crippen molar-refractivity contribution < 1.29 is 4.74 Å². The van der Waals surface area contributed by atoms with Gasteiger partial charge in [0.1, 0.15) is 0 Å². The van der Waals surface area contributed by atoms with E-state index < -0.39 is 0 Å². The number of halogens is 1. The molecule has 2 rings (SSSR count). The second-order valence-electron chi connectivity index (χ2n) is 4.95. The first-order valence-corrected chi connectivity index (χ1v) is 6.67. The summed E-state index contributed by atoms with van der Waals surface area (Å²) >= 11 is 6.31. The lowest BCUT2D eigenvalue weighted by Gasteiger charge is -2.39. The molecular weight excluding hydrogens is 210 g/mol. The summed E-state index contributed by atoms with van der Waals surface area (Å²) in [4.78, 5) is 2.58. The molecule has 2 unspecified atom stereocenters. The molecule has 0 saturated carbocycles. The van der Waals surface area contributed by atoms with Crippen molar-refractivity contribution in [3.05, 3.63) is 0 Å². The van der Waals surface area contributed by atoms with E-state index in [4.69, 9.17) is 16.3 Å². The summed E-state index contributed by atoms with van der Waals surface area (Å²) in [6, 6.07) is 0.559. The van der Waals surface area contributed by atoms with Crippen LogP contribution in [0, 0.1) is 5.92 Å². The largest absolute Gasteiger partial charge is 0.381 e. The summed E-state index contributed by atoms with van der Waals surface area (Å²) in [7, 11) is 0. The average Bonchev–Trinajstić information content (AvgIpc) is 2.26. The summed E-state index contributed by atoms with van der Waals surface area (Å²) < 4.78 is 5.39. The zero-order valence-corrected chi connectivity index (χ0v) is 10.4. The maximum Gasteiger partial charge on any atom is 0.0489 e. The van der Waals surface area contributed by atoms with Crippen LogP contribution in [-0.4, -0.2) is 42.6 Å². The molecule has 0 aromatic carbocycles. The van der Waals surface area contributed by atoms with Crippen LogP contribution >= 0.6 is 11.6 Å². The van der Waals surface area contributed by atoms with E-state index in [9.17, 15) is 0 Å². The molecule has 2 aliphatic heterocycles. The molecule has 0 radical (unpaired) electrons. The van der Waals surface area contributed by atoms with E-state index >= 15 is 0 Å². The Labute approximate surface area is 97.9 Å². The van der Waals surface area contributed by atoms with Gasteiger partial charge in [-0.2, -0.15) is 0 Å². The number of rotatable bonds is 2. The first-order chi connectivity index (χ1) is 7.27. The number of piperidine rings is 1. The standard InChI is InChI=1S/C12H22ClNO/c1-10-12(13)3-2-6-14(10)9-11-4-7-15-8-5-11/h10-12H,2-9H2,1H3. The van der Waals surface area contributed by atoms with Crippen molar-refractivity contribution in [2.45, 2.75) is 44.0 Å². The predicted octanol–water partition coefficient (Wildman–Crippen LogP) is 2.50. The van der Waals surface area contributed by atoms with Crippen LogP contribution in [0.15, 0.2) is 0 Å². The van der Waals surface area contributed by atoms with Crippen molar-refractivity contribution in [3.8, 4) is 0 Å². The number of nitrogens with zero attached hydrogens (tertiary/aromatic N) is 1. The second kappa shape index (κ2) is 5.51. The maximum absolute atomic E-state index is 6.31. The molecule has 0 aliphatic carbocycles. The van der Waals surface area contributed by atoms with E-state index in [0.29, 0.717) is 11.4 Å². The molecule has 3 heteroatoms. The van der Waals surface area contributed by atoms with Crippen LogP contribution in [0.1, 0.15) is 32.6 Å². The van der Waals surface area contributed by atoms with Crippen LogP contribution in [0.25, 0.3) is 0 Å². The van der Waals surface area contributed by atoms with Crippen LogP contribution < -0.4 is 0 Å². The van der Waals surface area contributed by atoms with Gasteiger partial charge in [0.15, 0.2) is 0 Å². The van der Waals surface area contributed by atoms with Gasteiger partial charge < -0.3 is 4.74 Å². The van der Waals surface area contributed by atoms with E-state index in [1.165, 1.54) is 38.8 Å². The fourth-order valence-corrected chi connectivity index (χ4v) is 2.99. The van der Waals surface area contributed by atoms with Gasteiger partial charge in [0.05, 0.1) is 0 Å². The van der Waals surface area contributed by atoms with Crippen LogP contribution in [0.5, 0.6) is 0 Å². The Bertz CT molecular complexity index is 194. The summed E-state index contributed by atoms with van der Waals surface area (Å²) in [6.07, 6.45) is 4.92. The Balaban J connectivity index is 1.81. The SMILES string of the molecule is CC1C(Cl)CCCN1CC1CCOCC1. The number of ether oxygens (including phenoxy) is 1. The molecule has 2 saturated heterocycles. The smallest absolute Gasteiger partial charge is 0.0489 e. The highest BCUT2D eigenvalue weighted by Crippen LogP contribution is 2.25. The van der Waals surface area contributed by atoms with Crippen molar-refractivity contribution in [2.75, 3.05) is 26.3 Å². The molecule has 2 fully saturated rings. The van der Waals surface area contributed by atoms with E-state index in [0.717, 1.165) is 19.1 Å². The van der Waals surface area contributed by atoms with Crippen LogP contribution in [0.3, 0.4) is 0 Å². The third-order valence-electron chi connectivity index (χ3n) is 3.86. The van der Waals surface area contributed by atoms with Crippen molar-refractivity contribution in [3.63, 3.8) is 0 Å². The molecule has 0 aromatic heterocycles. The Morgan fingerprint density at radius 2 is 2.00 bits per heavy atom. The Kier molecular flexibility index (Phi) is 4.30. The normalized spacial score (nSPS) is 35.6. The fraction of sp³-hybridized carbons (Fsp3) is 1.00. The lowest BCUT2D eigenvalue weighted by Crippen LogP contribution is -2.46. The monoisotopic (exact) mass is 231 g/mol. The highest BCUT2D eigenvalue weighted by Gasteiger charge is 2.28. The van der Waals surface area contributed by atoms with Gasteiger partial charge in [0, 0.05) is 31.2 Å². The number of alkyl halides is 1. The quantitative estimate of drug-likeness (QED) is 0.678. The van der Waals surface area contributed by atoms with Gasteiger partial charge in [-0.05, 0) is 45.1 Å². The van der Waals surface area contributed by atoms with Gasteiger partial charge in [-0.15, -0.1) is 11.6 Å². The zero-order chi connectivity index (χ0) is 10.7. The number of likely N-dealkylation sites (tertiary alicyclic amines) is 1. The molecule has 0 N–H and O–H groups in total. The third kappa shape index (κ3) is 3.08. The first kappa shape index (κ1) is 11.7. The molecule has 2 nitrogen and oxygen atoms in total. The topological polar surface area (TPSA) is 12.5 Å². The highest BCUT2D eigenvalue weighted by atomic mass is 35.5. The minimum absolute atomic E-state index is 0.360. The Hall–Kier alpha value is 0.210. The highest BCUT2D eigenvalue weighted by molar-refractivity contribution is 6.21. The zero-order valence-electron chi connectivity index (χ0n) is 9.62. The van der Waals surface area contributed by atoms with Crippen LogP contribution in [0.2, 0.25) is 0 Å². The summed E-state index contributed by atoms with van der Waals surface area (Å²) in [5.74, 6) is 0.836. The lowest BCUT2D eigenvalue weighted by atomic mass is 9.96. The molecule has 88 valence electrons. The van der Waals surface area contributed by atoms with Crippen molar-refractivity contribution in [1.29, 1.82) is 0 Å². The molecule has 2 heterocycles. The van der Waals surface area contributed by atoms with Crippen molar-refractivity contribution in [1.82, 2.24) is 4.90 Å². The van der Waals surface area contributed by atoms with Gasteiger partial charge in [0.2, 0.25) is 0 Å². The molecule has 2 atom stereocenters. The molecule has 15 heavy (non-hydrogen) atoms. The Morgan fingerprint density at radius 3 is 2.73 bits per heavy atom. The first-order valence-electron chi connectivity index (χ1n) is 6.23. The van der Waals surface area contributed by atoms with Crippen LogP contribution in [-0.2, 0) is 4.74 Å². The summed E-state index contributed by atoms with van der Waals surface area (Å²) in [5.41, 5.74) is 0. The molecule has 0 aromatic rings.